The second-order valence-corrected chi connectivity index (χ2v) is 6.62. The van der Waals surface area contributed by atoms with Gasteiger partial charge in [-0.3, -0.25) is 0 Å². The lowest BCUT2D eigenvalue weighted by molar-refractivity contribution is 0.582. The summed E-state index contributed by atoms with van der Waals surface area (Å²) in [5, 5.41) is 3.91. The van der Waals surface area contributed by atoms with Crippen LogP contribution in [0.15, 0.2) is 27.6 Å². The number of rotatable bonds is 3. The number of halogens is 1. The molecule has 1 aromatic carbocycles. The minimum absolute atomic E-state index is 0.569. The van der Waals surface area contributed by atoms with Gasteiger partial charge >= 0.3 is 0 Å². The van der Waals surface area contributed by atoms with Gasteiger partial charge in [-0.1, -0.05) is 6.07 Å². The van der Waals surface area contributed by atoms with E-state index in [9.17, 15) is 0 Å². The molecule has 2 rings (SSSR count). The van der Waals surface area contributed by atoms with E-state index < -0.39 is 0 Å². The van der Waals surface area contributed by atoms with E-state index in [0.717, 1.165) is 6.54 Å². The highest BCUT2D eigenvalue weighted by Gasteiger charge is 2.30. The molecule has 0 aromatic heterocycles. The lowest BCUT2D eigenvalue weighted by atomic mass is 10.1. The molecule has 2 nitrogen and oxygen atoms in total. The number of nitrogens with zero attached hydrogens (tertiary/aromatic N) is 1. The molecule has 2 unspecified atom stereocenters. The molecule has 1 aliphatic heterocycles. The lowest BCUT2D eigenvalue weighted by Gasteiger charge is -2.40. The summed E-state index contributed by atoms with van der Waals surface area (Å²) >= 11 is 5.67. The molecule has 0 bridgehead atoms. The first-order valence-electron chi connectivity index (χ1n) is 5.97. The van der Waals surface area contributed by atoms with Gasteiger partial charge in [0.25, 0.3) is 0 Å². The van der Waals surface area contributed by atoms with Crippen LogP contribution >= 0.6 is 27.7 Å². The molecular weight excluding hydrogens is 296 g/mol. The smallest absolute Gasteiger partial charge is 0.0649 e. The number of hydrogen-bond acceptors (Lipinski definition) is 3. The van der Waals surface area contributed by atoms with Crippen LogP contribution in [0.1, 0.15) is 13.3 Å². The van der Waals surface area contributed by atoms with Crippen molar-refractivity contribution in [2.75, 3.05) is 25.5 Å². The van der Waals surface area contributed by atoms with E-state index >= 15 is 0 Å². The molecule has 1 aromatic rings. The Balaban J connectivity index is 2.26. The predicted molar refractivity (Wildman–Crippen MR) is 80.2 cm³/mol. The van der Waals surface area contributed by atoms with Crippen LogP contribution in [-0.2, 0) is 0 Å². The fraction of sp³-hybridized carbons (Fsp3) is 0.538. The van der Waals surface area contributed by atoms with Gasteiger partial charge in [-0.25, -0.2) is 0 Å². The maximum Gasteiger partial charge on any atom is 0.0649 e. The second kappa shape index (κ2) is 5.63. The summed E-state index contributed by atoms with van der Waals surface area (Å²) < 4.78 is 1.20. The van der Waals surface area contributed by atoms with Gasteiger partial charge in [-0.2, -0.15) is 0 Å². The summed E-state index contributed by atoms with van der Waals surface area (Å²) in [4.78, 5) is 3.79. The first-order chi connectivity index (χ1) is 8.15. The highest BCUT2D eigenvalue weighted by atomic mass is 79.9. The van der Waals surface area contributed by atoms with E-state index in [4.69, 9.17) is 0 Å². The van der Waals surface area contributed by atoms with Crippen LogP contribution in [0.3, 0.4) is 0 Å². The number of hydrogen-bond donors (Lipinski definition) is 1. The van der Waals surface area contributed by atoms with E-state index in [2.05, 4.69) is 58.3 Å². The van der Waals surface area contributed by atoms with Crippen LogP contribution in [0.25, 0.3) is 0 Å². The van der Waals surface area contributed by atoms with E-state index in [1.54, 1.807) is 0 Å². The van der Waals surface area contributed by atoms with Gasteiger partial charge in [0.05, 0.1) is 5.69 Å². The molecule has 1 N–H and O–H groups in total. The minimum Gasteiger partial charge on any atom is -0.369 e. The van der Waals surface area contributed by atoms with E-state index in [1.807, 2.05) is 18.8 Å². The number of thioether (sulfide) groups is 1. The monoisotopic (exact) mass is 314 g/mol. The van der Waals surface area contributed by atoms with Gasteiger partial charge in [0.15, 0.2) is 0 Å². The maximum absolute atomic E-state index is 3.66. The number of benzene rings is 1. The zero-order chi connectivity index (χ0) is 12.4. The molecule has 2 atom stereocenters. The highest BCUT2D eigenvalue weighted by molar-refractivity contribution is 9.10. The average molecular weight is 315 g/mol. The Morgan fingerprint density at radius 3 is 2.94 bits per heavy atom. The number of nitrogens with one attached hydrogen (secondary N) is 1. The topological polar surface area (TPSA) is 15.3 Å². The Kier molecular flexibility index (Phi) is 4.39. The van der Waals surface area contributed by atoms with E-state index in [-0.39, 0.29) is 0 Å². The van der Waals surface area contributed by atoms with Crippen molar-refractivity contribution < 1.29 is 0 Å². The molecule has 1 heterocycles. The minimum atomic E-state index is 0.569. The fourth-order valence-corrected chi connectivity index (χ4v) is 4.48. The van der Waals surface area contributed by atoms with Crippen molar-refractivity contribution in [3.05, 3.63) is 22.7 Å². The molecule has 0 saturated carbocycles. The third-order valence-corrected chi connectivity index (χ3v) is 5.56. The van der Waals surface area contributed by atoms with Crippen molar-refractivity contribution in [2.24, 2.45) is 0 Å². The second-order valence-electron chi connectivity index (χ2n) is 4.49. The SMILES string of the molecule is CNCCC1Sc2cccc(Br)c2N(C)C1C. The van der Waals surface area contributed by atoms with Gasteiger partial charge in [0.1, 0.15) is 0 Å². The molecule has 17 heavy (non-hydrogen) atoms. The zero-order valence-corrected chi connectivity index (χ0v) is 12.9. The molecule has 0 radical (unpaired) electrons. The summed E-state index contributed by atoms with van der Waals surface area (Å²) in [6.45, 7) is 3.40. The van der Waals surface area contributed by atoms with Gasteiger partial charge in [-0.05, 0) is 55.0 Å². The Hall–Kier alpha value is -0.190. The summed E-state index contributed by atoms with van der Waals surface area (Å²) in [5.74, 6) is 0. The van der Waals surface area contributed by atoms with Gasteiger partial charge < -0.3 is 10.2 Å². The molecule has 94 valence electrons. The van der Waals surface area contributed by atoms with E-state index in [1.165, 1.54) is 21.5 Å². The lowest BCUT2D eigenvalue weighted by Crippen LogP contribution is -2.41. The van der Waals surface area contributed by atoms with Crippen molar-refractivity contribution in [3.63, 3.8) is 0 Å². The third kappa shape index (κ3) is 2.64. The normalized spacial score (nSPS) is 23.6. The Bertz CT molecular complexity index is 397. The van der Waals surface area contributed by atoms with Gasteiger partial charge in [0, 0.05) is 27.7 Å². The molecule has 0 saturated heterocycles. The quantitative estimate of drug-likeness (QED) is 0.921. The molecule has 0 amide bonds. The van der Waals surface area contributed by atoms with Crippen LogP contribution in [0.2, 0.25) is 0 Å². The number of anilines is 1. The average Bonchev–Trinajstić information content (AvgIpc) is 2.32. The molecule has 4 heteroatoms. The largest absolute Gasteiger partial charge is 0.369 e. The van der Waals surface area contributed by atoms with Crippen LogP contribution in [-0.4, -0.2) is 31.9 Å². The number of para-hydroxylation sites is 1. The third-order valence-electron chi connectivity index (χ3n) is 3.41. The van der Waals surface area contributed by atoms with Gasteiger partial charge in [-0.15, -0.1) is 11.8 Å². The van der Waals surface area contributed by atoms with Crippen LogP contribution < -0.4 is 10.2 Å². The van der Waals surface area contributed by atoms with Crippen LogP contribution in [0, 0.1) is 0 Å². The standard InChI is InChI=1S/C13H19BrN2S/c1-9-11(7-8-15-2)17-12-6-4-5-10(14)13(12)16(9)3/h4-6,9,11,15H,7-8H2,1-3H3. The Morgan fingerprint density at radius 1 is 1.47 bits per heavy atom. The summed E-state index contributed by atoms with van der Waals surface area (Å²) in [7, 11) is 4.22. The van der Waals surface area contributed by atoms with Crippen molar-refractivity contribution in [3.8, 4) is 0 Å². The molecular formula is C13H19BrN2S. The first-order valence-corrected chi connectivity index (χ1v) is 7.65. The van der Waals surface area contributed by atoms with Crippen molar-refractivity contribution in [1.29, 1.82) is 0 Å². The van der Waals surface area contributed by atoms with Crippen LogP contribution in [0.5, 0.6) is 0 Å². The first kappa shape index (κ1) is 13.2. The zero-order valence-electron chi connectivity index (χ0n) is 10.5. The maximum atomic E-state index is 3.66. The molecule has 1 aliphatic rings. The Labute approximate surface area is 116 Å². The summed E-state index contributed by atoms with van der Waals surface area (Å²) in [6.07, 6.45) is 1.21. The van der Waals surface area contributed by atoms with E-state index in [0.29, 0.717) is 11.3 Å². The van der Waals surface area contributed by atoms with Crippen molar-refractivity contribution in [1.82, 2.24) is 5.32 Å². The Morgan fingerprint density at radius 2 is 2.24 bits per heavy atom. The van der Waals surface area contributed by atoms with Gasteiger partial charge in [0.2, 0.25) is 0 Å². The molecule has 0 spiro atoms. The molecule has 0 fully saturated rings. The van der Waals surface area contributed by atoms with Crippen molar-refractivity contribution in [2.45, 2.75) is 29.5 Å². The summed E-state index contributed by atoms with van der Waals surface area (Å²) in [6, 6.07) is 7.03. The van der Waals surface area contributed by atoms with Crippen molar-refractivity contribution >= 4 is 33.4 Å². The number of fused-ring (bicyclic) bond motifs is 1. The predicted octanol–water partition coefficient (Wildman–Crippen LogP) is 3.36. The highest BCUT2D eigenvalue weighted by Crippen LogP contribution is 2.45. The fourth-order valence-electron chi connectivity index (χ4n) is 2.23. The summed E-state index contributed by atoms with van der Waals surface area (Å²) in [5.41, 5.74) is 1.34. The molecule has 0 aliphatic carbocycles. The van der Waals surface area contributed by atoms with Crippen LogP contribution in [0.4, 0.5) is 5.69 Å².